The zero-order chi connectivity index (χ0) is 12.5. The zero-order valence-corrected chi connectivity index (χ0v) is 10.2. The van der Waals surface area contributed by atoms with Crippen LogP contribution in [0.15, 0.2) is 28.7 Å². The van der Waals surface area contributed by atoms with Gasteiger partial charge in [0.15, 0.2) is 0 Å². The third kappa shape index (κ3) is 1.70. The molecule has 1 aliphatic heterocycles. The molecule has 18 heavy (non-hydrogen) atoms. The van der Waals surface area contributed by atoms with Crippen LogP contribution in [-0.4, -0.2) is 30.3 Å². The van der Waals surface area contributed by atoms with Gasteiger partial charge in [-0.2, -0.15) is 0 Å². The second kappa shape index (κ2) is 4.30. The van der Waals surface area contributed by atoms with Crippen LogP contribution in [0.25, 0.3) is 0 Å². The molecule has 0 spiro atoms. The minimum Gasteiger partial charge on any atom is -0.406 e. The Morgan fingerprint density at radius 1 is 1.22 bits per heavy atom. The van der Waals surface area contributed by atoms with E-state index < -0.39 is 0 Å². The second-order valence-electron chi connectivity index (χ2n) is 4.24. The summed E-state index contributed by atoms with van der Waals surface area (Å²) in [4.78, 5) is 4.24. The first-order valence-electron chi connectivity index (χ1n) is 5.90. The number of likely N-dealkylation sites (N-methyl/N-ethyl adjacent to an activating group) is 1. The van der Waals surface area contributed by atoms with Crippen LogP contribution in [0.4, 0.5) is 17.4 Å². The zero-order valence-electron chi connectivity index (χ0n) is 10.2. The number of nitrogens with zero attached hydrogens (tertiary/aromatic N) is 4. The second-order valence-corrected chi connectivity index (χ2v) is 4.24. The van der Waals surface area contributed by atoms with Crippen LogP contribution in [0.2, 0.25) is 0 Å². The fourth-order valence-corrected chi connectivity index (χ4v) is 2.14. The van der Waals surface area contributed by atoms with Crippen LogP contribution >= 0.6 is 0 Å². The van der Waals surface area contributed by atoms with Crippen LogP contribution < -0.4 is 15.5 Å². The van der Waals surface area contributed by atoms with Gasteiger partial charge < -0.3 is 15.1 Å². The molecule has 94 valence electrons. The highest BCUT2D eigenvalue weighted by molar-refractivity contribution is 5.76. The smallest absolute Gasteiger partial charge is 0.322 e. The lowest BCUT2D eigenvalue weighted by Crippen LogP contribution is -2.36. The molecule has 6 nitrogen and oxygen atoms in total. The summed E-state index contributed by atoms with van der Waals surface area (Å²) in [6.07, 6.45) is 0. The summed E-state index contributed by atoms with van der Waals surface area (Å²) in [7, 11) is 2.08. The summed E-state index contributed by atoms with van der Waals surface area (Å²) in [5, 5.41) is 7.95. The molecule has 1 aliphatic rings. The van der Waals surface area contributed by atoms with Gasteiger partial charge in [-0.25, -0.2) is 0 Å². The van der Waals surface area contributed by atoms with Gasteiger partial charge in [0.2, 0.25) is 5.89 Å². The summed E-state index contributed by atoms with van der Waals surface area (Å²) < 4.78 is 5.52. The minimum absolute atomic E-state index is 0.266. The molecule has 0 unspecified atom stereocenters. The van der Waals surface area contributed by atoms with Crippen molar-refractivity contribution in [2.45, 2.75) is 6.54 Å². The summed E-state index contributed by atoms with van der Waals surface area (Å²) in [6.45, 7) is 2.00. The van der Waals surface area contributed by atoms with E-state index in [0.717, 1.165) is 24.5 Å². The van der Waals surface area contributed by atoms with Gasteiger partial charge in [0.25, 0.3) is 0 Å². The van der Waals surface area contributed by atoms with Crippen LogP contribution in [0.1, 0.15) is 5.89 Å². The number of nitrogens with two attached hydrogens (primary N) is 1. The van der Waals surface area contributed by atoms with Crippen LogP contribution in [0, 0.1) is 0 Å². The summed E-state index contributed by atoms with van der Waals surface area (Å²) in [6, 6.07) is 8.68. The van der Waals surface area contributed by atoms with E-state index in [2.05, 4.69) is 34.3 Å². The molecule has 1 aromatic heterocycles. The first-order valence-corrected chi connectivity index (χ1v) is 5.90. The van der Waals surface area contributed by atoms with Gasteiger partial charge in [-0.3, -0.25) is 4.90 Å². The third-order valence-electron chi connectivity index (χ3n) is 3.10. The lowest BCUT2D eigenvalue weighted by Gasteiger charge is -2.34. The average Bonchev–Trinajstić information content (AvgIpc) is 2.88. The molecule has 0 radical (unpaired) electrons. The Kier molecular flexibility index (Phi) is 2.64. The summed E-state index contributed by atoms with van der Waals surface area (Å²) in [5.41, 5.74) is 7.73. The number of hydrogen-bond acceptors (Lipinski definition) is 6. The predicted octanol–water partition coefficient (Wildman–Crippen LogP) is 1.12. The maximum atomic E-state index is 5.52. The Hall–Kier alpha value is -2.08. The van der Waals surface area contributed by atoms with Gasteiger partial charge in [0.1, 0.15) is 0 Å². The number of fused-ring (bicyclic) bond motifs is 1. The highest BCUT2D eigenvalue weighted by atomic mass is 16.4. The summed E-state index contributed by atoms with van der Waals surface area (Å²) in [5.74, 6) is 0.460. The van der Waals surface area contributed by atoms with E-state index in [1.54, 1.807) is 0 Å². The van der Waals surface area contributed by atoms with Crippen molar-refractivity contribution in [3.05, 3.63) is 30.2 Å². The van der Waals surface area contributed by atoms with E-state index in [9.17, 15) is 0 Å². The maximum absolute atomic E-state index is 5.52. The normalized spacial score (nSPS) is 14.8. The molecule has 6 heteroatoms. The van der Waals surface area contributed by atoms with Crippen molar-refractivity contribution in [2.24, 2.45) is 5.73 Å². The molecular formula is C12H15N5O. The highest BCUT2D eigenvalue weighted by Crippen LogP contribution is 2.35. The molecule has 0 amide bonds. The third-order valence-corrected chi connectivity index (χ3v) is 3.10. The fraction of sp³-hybridized carbons (Fsp3) is 0.333. The number of hydrogen-bond donors (Lipinski definition) is 1. The van der Waals surface area contributed by atoms with Crippen molar-refractivity contribution >= 4 is 17.4 Å². The van der Waals surface area contributed by atoms with Gasteiger partial charge in [0.05, 0.1) is 17.9 Å². The molecule has 0 fully saturated rings. The molecule has 2 aromatic rings. The maximum Gasteiger partial charge on any atom is 0.322 e. The lowest BCUT2D eigenvalue weighted by molar-refractivity contribution is 0.494. The molecule has 0 atom stereocenters. The first-order chi connectivity index (χ1) is 8.79. The van der Waals surface area contributed by atoms with E-state index in [0.29, 0.717) is 11.9 Å². The standard InChI is InChI=1S/C12H15N5O/c1-16-6-7-17(10-5-3-2-4-9(10)16)12-15-14-11(8-13)18-12/h2-5H,6-8,13H2,1H3. The largest absolute Gasteiger partial charge is 0.406 e. The van der Waals surface area contributed by atoms with E-state index in [1.165, 1.54) is 0 Å². The van der Waals surface area contributed by atoms with Crippen molar-refractivity contribution in [3.8, 4) is 0 Å². The number of rotatable bonds is 2. The fourth-order valence-electron chi connectivity index (χ4n) is 2.14. The van der Waals surface area contributed by atoms with E-state index in [-0.39, 0.29) is 6.54 Å². The van der Waals surface area contributed by atoms with Crippen molar-refractivity contribution in [3.63, 3.8) is 0 Å². The molecule has 1 aromatic carbocycles. The van der Waals surface area contributed by atoms with Gasteiger partial charge in [-0.1, -0.05) is 17.2 Å². The minimum atomic E-state index is 0.266. The number of anilines is 3. The Balaban J connectivity index is 2.01. The van der Waals surface area contributed by atoms with E-state index in [4.69, 9.17) is 10.2 Å². The number of para-hydroxylation sites is 2. The van der Waals surface area contributed by atoms with Crippen molar-refractivity contribution in [1.82, 2.24) is 10.2 Å². The molecule has 0 saturated carbocycles. The average molecular weight is 245 g/mol. The van der Waals surface area contributed by atoms with Gasteiger partial charge in [0, 0.05) is 20.1 Å². The van der Waals surface area contributed by atoms with Crippen molar-refractivity contribution in [1.29, 1.82) is 0 Å². The van der Waals surface area contributed by atoms with Gasteiger partial charge in [-0.05, 0) is 12.1 Å². The molecule has 0 bridgehead atoms. The molecule has 2 heterocycles. The Labute approximate surface area is 105 Å². The van der Waals surface area contributed by atoms with Crippen molar-refractivity contribution < 1.29 is 4.42 Å². The highest BCUT2D eigenvalue weighted by Gasteiger charge is 2.24. The van der Waals surface area contributed by atoms with Crippen LogP contribution in [-0.2, 0) is 6.54 Å². The van der Waals surface area contributed by atoms with Crippen molar-refractivity contribution in [2.75, 3.05) is 29.9 Å². The topological polar surface area (TPSA) is 71.4 Å². The quantitative estimate of drug-likeness (QED) is 0.854. The molecular weight excluding hydrogens is 230 g/mol. The Morgan fingerprint density at radius 2 is 2.00 bits per heavy atom. The molecule has 3 rings (SSSR count). The Bertz CT molecular complexity index is 553. The first kappa shape index (κ1) is 11.0. The molecule has 2 N–H and O–H groups in total. The van der Waals surface area contributed by atoms with E-state index >= 15 is 0 Å². The number of benzene rings is 1. The molecule has 0 saturated heterocycles. The number of aromatic nitrogens is 2. The van der Waals surface area contributed by atoms with Crippen LogP contribution in [0.3, 0.4) is 0 Å². The van der Waals surface area contributed by atoms with Gasteiger partial charge in [-0.15, -0.1) is 5.10 Å². The molecule has 0 aliphatic carbocycles. The SMILES string of the molecule is CN1CCN(c2nnc(CN)o2)c2ccccc21. The predicted molar refractivity (Wildman–Crippen MR) is 68.9 cm³/mol. The lowest BCUT2D eigenvalue weighted by atomic mass is 10.2. The van der Waals surface area contributed by atoms with Crippen LogP contribution in [0.5, 0.6) is 0 Å². The van der Waals surface area contributed by atoms with E-state index in [1.807, 2.05) is 17.0 Å². The van der Waals surface area contributed by atoms with Gasteiger partial charge >= 0.3 is 6.01 Å². The Morgan fingerprint density at radius 3 is 2.72 bits per heavy atom. The summed E-state index contributed by atoms with van der Waals surface area (Å²) >= 11 is 0. The monoisotopic (exact) mass is 245 g/mol.